The van der Waals surface area contributed by atoms with Crippen molar-refractivity contribution in [3.05, 3.63) is 40.2 Å². The number of nitrogens with zero attached hydrogens (tertiary/aromatic N) is 1. The van der Waals surface area contributed by atoms with Gasteiger partial charge in [-0.3, -0.25) is 0 Å². The number of halogens is 1. The highest BCUT2D eigenvalue weighted by molar-refractivity contribution is 7.15. The zero-order valence-corrected chi connectivity index (χ0v) is 12.7. The Morgan fingerprint density at radius 1 is 1.40 bits per heavy atom. The Balaban J connectivity index is 1.96. The fraction of sp³-hybridized carbons (Fsp3) is 0.438. The van der Waals surface area contributed by atoms with Gasteiger partial charge in [0, 0.05) is 22.9 Å². The largest absolute Gasteiger partial charge is 0.312 e. The van der Waals surface area contributed by atoms with Gasteiger partial charge >= 0.3 is 0 Å². The normalized spacial score (nSPS) is 14.8. The summed E-state index contributed by atoms with van der Waals surface area (Å²) in [6, 6.07) is 4.94. The topological polar surface area (TPSA) is 24.9 Å². The molecule has 1 fully saturated rings. The van der Waals surface area contributed by atoms with E-state index in [-0.39, 0.29) is 5.82 Å². The summed E-state index contributed by atoms with van der Waals surface area (Å²) < 4.78 is 13.2. The van der Waals surface area contributed by atoms with Gasteiger partial charge in [0.15, 0.2) is 0 Å². The molecular formula is C16H19FN2S. The average molecular weight is 290 g/mol. The van der Waals surface area contributed by atoms with Crippen molar-refractivity contribution in [2.45, 2.75) is 39.2 Å². The number of thiazole rings is 1. The van der Waals surface area contributed by atoms with Crippen molar-refractivity contribution in [3.8, 4) is 10.6 Å². The fourth-order valence-electron chi connectivity index (χ4n) is 2.39. The van der Waals surface area contributed by atoms with Gasteiger partial charge in [0.2, 0.25) is 0 Å². The van der Waals surface area contributed by atoms with Gasteiger partial charge in [-0.25, -0.2) is 9.37 Å². The Labute approximate surface area is 123 Å². The Morgan fingerprint density at radius 2 is 2.20 bits per heavy atom. The third-order valence-electron chi connectivity index (χ3n) is 3.65. The van der Waals surface area contributed by atoms with Crippen molar-refractivity contribution in [1.29, 1.82) is 0 Å². The number of aryl methyl sites for hydroxylation is 1. The van der Waals surface area contributed by atoms with Crippen LogP contribution < -0.4 is 5.32 Å². The lowest BCUT2D eigenvalue weighted by molar-refractivity contribution is 0.627. The van der Waals surface area contributed by atoms with Crippen molar-refractivity contribution < 1.29 is 4.39 Å². The van der Waals surface area contributed by atoms with E-state index in [4.69, 9.17) is 4.98 Å². The number of aromatic nitrogens is 1. The van der Waals surface area contributed by atoms with Gasteiger partial charge in [0.05, 0.1) is 5.69 Å². The third kappa shape index (κ3) is 2.76. The molecule has 0 spiro atoms. The summed E-state index contributed by atoms with van der Waals surface area (Å²) in [4.78, 5) is 6.18. The zero-order valence-electron chi connectivity index (χ0n) is 11.9. The monoisotopic (exact) mass is 290 g/mol. The summed E-state index contributed by atoms with van der Waals surface area (Å²) >= 11 is 1.74. The van der Waals surface area contributed by atoms with Crippen LogP contribution in [0.2, 0.25) is 0 Å². The van der Waals surface area contributed by atoms with Crippen LogP contribution in [0.4, 0.5) is 4.39 Å². The van der Waals surface area contributed by atoms with E-state index < -0.39 is 0 Å². The molecule has 1 aliphatic rings. The molecule has 1 aromatic carbocycles. The van der Waals surface area contributed by atoms with E-state index in [1.54, 1.807) is 17.4 Å². The van der Waals surface area contributed by atoms with E-state index in [9.17, 15) is 4.39 Å². The number of benzene rings is 1. The van der Waals surface area contributed by atoms with Crippen LogP contribution in [0.25, 0.3) is 10.6 Å². The number of rotatable bonds is 5. The van der Waals surface area contributed by atoms with Crippen molar-refractivity contribution in [2.75, 3.05) is 6.54 Å². The Bertz CT molecular complexity index is 617. The molecule has 0 bridgehead atoms. The lowest BCUT2D eigenvalue weighted by Gasteiger charge is -2.01. The number of nitrogens with one attached hydrogen (secondary N) is 1. The second-order valence-corrected chi connectivity index (χ2v) is 6.42. The van der Waals surface area contributed by atoms with E-state index in [1.165, 1.54) is 29.5 Å². The molecule has 0 unspecified atom stereocenters. The molecule has 1 N–H and O–H groups in total. The maximum atomic E-state index is 13.2. The van der Waals surface area contributed by atoms with Gasteiger partial charge in [-0.05, 0) is 50.1 Å². The average Bonchev–Trinajstić information content (AvgIpc) is 3.18. The molecular weight excluding hydrogens is 271 g/mol. The predicted molar refractivity (Wildman–Crippen MR) is 81.6 cm³/mol. The molecule has 3 rings (SSSR count). The second kappa shape index (κ2) is 5.62. The maximum absolute atomic E-state index is 13.2. The van der Waals surface area contributed by atoms with E-state index in [0.29, 0.717) is 5.92 Å². The molecule has 0 saturated heterocycles. The lowest BCUT2D eigenvalue weighted by atomic mass is 10.1. The first kappa shape index (κ1) is 13.7. The van der Waals surface area contributed by atoms with Crippen LogP contribution in [0.3, 0.4) is 0 Å². The van der Waals surface area contributed by atoms with Crippen LogP contribution >= 0.6 is 11.3 Å². The summed E-state index contributed by atoms with van der Waals surface area (Å²) in [5.74, 6) is 0.465. The van der Waals surface area contributed by atoms with E-state index in [2.05, 4.69) is 12.2 Å². The zero-order chi connectivity index (χ0) is 14.1. The highest BCUT2D eigenvalue weighted by atomic mass is 32.1. The Hall–Kier alpha value is -1.26. The molecule has 20 heavy (non-hydrogen) atoms. The fourth-order valence-corrected chi connectivity index (χ4v) is 3.59. The van der Waals surface area contributed by atoms with E-state index >= 15 is 0 Å². The summed E-state index contributed by atoms with van der Waals surface area (Å²) in [5, 5.41) is 4.41. The molecule has 106 valence electrons. The molecule has 0 radical (unpaired) electrons. The third-order valence-corrected chi connectivity index (χ3v) is 4.75. The van der Waals surface area contributed by atoms with Crippen LogP contribution in [0.1, 0.15) is 41.8 Å². The van der Waals surface area contributed by atoms with Crippen LogP contribution in [-0.4, -0.2) is 11.5 Å². The molecule has 1 aliphatic carbocycles. The first-order chi connectivity index (χ1) is 9.69. The Morgan fingerprint density at radius 3 is 2.85 bits per heavy atom. The molecule has 1 heterocycles. The number of hydrogen-bond donors (Lipinski definition) is 1. The molecule has 0 aliphatic heterocycles. The molecule has 4 heteroatoms. The van der Waals surface area contributed by atoms with Crippen LogP contribution in [0, 0.1) is 12.7 Å². The molecule has 1 aromatic heterocycles. The summed E-state index contributed by atoms with van der Waals surface area (Å²) in [6.07, 6.45) is 2.51. The van der Waals surface area contributed by atoms with Gasteiger partial charge in [-0.15, -0.1) is 11.3 Å². The minimum atomic E-state index is -0.182. The summed E-state index contributed by atoms with van der Waals surface area (Å²) in [5.41, 5.74) is 3.27. The van der Waals surface area contributed by atoms with E-state index in [1.807, 2.05) is 13.0 Å². The first-order valence-corrected chi connectivity index (χ1v) is 7.97. The maximum Gasteiger partial charge on any atom is 0.124 e. The summed E-state index contributed by atoms with van der Waals surface area (Å²) in [7, 11) is 0. The van der Waals surface area contributed by atoms with Crippen LogP contribution in [0.5, 0.6) is 0 Å². The van der Waals surface area contributed by atoms with E-state index in [0.717, 1.165) is 29.2 Å². The predicted octanol–water partition coefficient (Wildman–Crippen LogP) is 4.24. The number of hydrogen-bond acceptors (Lipinski definition) is 3. The van der Waals surface area contributed by atoms with Crippen molar-refractivity contribution in [2.24, 2.45) is 0 Å². The summed E-state index contributed by atoms with van der Waals surface area (Å²) in [6.45, 7) is 5.91. The molecule has 2 nitrogen and oxygen atoms in total. The van der Waals surface area contributed by atoms with Crippen LogP contribution in [0.15, 0.2) is 18.2 Å². The van der Waals surface area contributed by atoms with Crippen molar-refractivity contribution >= 4 is 11.3 Å². The lowest BCUT2D eigenvalue weighted by Crippen LogP contribution is -2.11. The molecule has 0 amide bonds. The van der Waals surface area contributed by atoms with Gasteiger partial charge < -0.3 is 5.32 Å². The van der Waals surface area contributed by atoms with Crippen molar-refractivity contribution in [3.63, 3.8) is 0 Å². The second-order valence-electron chi connectivity index (χ2n) is 5.34. The van der Waals surface area contributed by atoms with Crippen LogP contribution in [-0.2, 0) is 6.54 Å². The smallest absolute Gasteiger partial charge is 0.124 e. The van der Waals surface area contributed by atoms with Gasteiger partial charge in [0.25, 0.3) is 0 Å². The Kier molecular flexibility index (Phi) is 3.85. The minimum Gasteiger partial charge on any atom is -0.312 e. The minimum absolute atomic E-state index is 0.182. The van der Waals surface area contributed by atoms with Gasteiger partial charge in [-0.1, -0.05) is 6.92 Å². The molecule has 1 saturated carbocycles. The van der Waals surface area contributed by atoms with Gasteiger partial charge in [0.1, 0.15) is 10.8 Å². The highest BCUT2D eigenvalue weighted by Crippen LogP contribution is 2.44. The highest BCUT2D eigenvalue weighted by Gasteiger charge is 2.29. The SMILES string of the molecule is CCNCc1sc(-c2ccc(F)cc2C)nc1C1CC1. The quantitative estimate of drug-likeness (QED) is 0.890. The molecule has 0 atom stereocenters. The first-order valence-electron chi connectivity index (χ1n) is 7.16. The van der Waals surface area contributed by atoms with Crippen molar-refractivity contribution in [1.82, 2.24) is 10.3 Å². The van der Waals surface area contributed by atoms with Gasteiger partial charge in [-0.2, -0.15) is 0 Å². The molecule has 2 aromatic rings. The standard InChI is InChI=1S/C16H19FN2S/c1-3-18-9-14-15(11-4-5-11)19-16(20-14)13-7-6-12(17)8-10(13)2/h6-8,11,18H,3-5,9H2,1-2H3.